The molecule has 2 aliphatic rings. The predicted molar refractivity (Wildman–Crippen MR) is 178 cm³/mol. The quantitative estimate of drug-likeness (QED) is 0.274. The topological polar surface area (TPSA) is 156 Å². The molecule has 4 amide bonds. The average Bonchev–Trinajstić information content (AvgIpc) is 3.47. The number of aryl methyl sites for hydroxylation is 1. The number of nitrogens with one attached hydrogen (secondary N) is 2. The smallest absolute Gasteiger partial charge is 0.266 e. The second kappa shape index (κ2) is 15.8. The summed E-state index contributed by atoms with van der Waals surface area (Å²) >= 11 is 0. The molecule has 0 radical (unpaired) electrons. The van der Waals surface area contributed by atoms with Crippen LogP contribution in [-0.2, 0) is 34.4 Å². The van der Waals surface area contributed by atoms with Gasteiger partial charge in [-0.15, -0.1) is 0 Å². The van der Waals surface area contributed by atoms with Crippen LogP contribution in [0.2, 0.25) is 0 Å². The minimum Gasteiger partial charge on any atom is -0.364 e. The lowest BCUT2D eigenvalue weighted by molar-refractivity contribution is -0.138. The summed E-state index contributed by atoms with van der Waals surface area (Å²) in [6, 6.07) is 12.3. The summed E-state index contributed by atoms with van der Waals surface area (Å²) < 4.78 is 1.44. The van der Waals surface area contributed by atoms with E-state index in [-0.39, 0.29) is 35.8 Å². The third-order valence-corrected chi connectivity index (χ3v) is 9.30. The summed E-state index contributed by atoms with van der Waals surface area (Å²) in [5, 5.41) is 10.5. The van der Waals surface area contributed by atoms with Crippen LogP contribution in [0.4, 0.5) is 5.69 Å². The Balaban J connectivity index is 1.23. The molecule has 5 rings (SSSR count). The first-order valence-electron chi connectivity index (χ1n) is 16.6. The fraction of sp³-hybridized carbons (Fsp3) is 0.486. The molecule has 0 unspecified atom stereocenters. The Labute approximate surface area is 276 Å². The number of carbonyl (C=O) groups is 4. The first-order chi connectivity index (χ1) is 22.7. The number of pyridine rings is 1. The Hall–Kier alpha value is -4.58. The number of primary amides is 1. The first kappa shape index (κ1) is 33.8. The molecule has 0 bridgehead atoms. The molecule has 1 aromatic carbocycles. The van der Waals surface area contributed by atoms with Gasteiger partial charge in [-0.3, -0.25) is 33.7 Å². The molecule has 1 saturated carbocycles. The second-order valence-electron chi connectivity index (χ2n) is 12.6. The van der Waals surface area contributed by atoms with Crippen molar-refractivity contribution in [1.82, 2.24) is 29.9 Å². The van der Waals surface area contributed by atoms with Crippen molar-refractivity contribution in [3.63, 3.8) is 0 Å². The van der Waals surface area contributed by atoms with E-state index in [9.17, 15) is 19.2 Å². The maximum absolute atomic E-state index is 13.7. The Kier molecular flexibility index (Phi) is 11.4. The molecule has 0 spiro atoms. The molecule has 3 heterocycles. The van der Waals surface area contributed by atoms with Crippen LogP contribution in [0.5, 0.6) is 0 Å². The number of nitrogens with zero attached hydrogens (tertiary/aromatic N) is 5. The Morgan fingerprint density at radius 3 is 2.32 bits per heavy atom. The predicted octanol–water partition coefficient (Wildman–Crippen LogP) is 3.00. The standard InChI is InChI=1S/C35H46N8O4/c1-3-31(44)39-29(35(47)43-18-16-42(17-19-43)23-25-8-7-15-37-22-25)20-24-11-13-27(14-12-24)38-34(46)32(26-9-5-4-6-10-26)28-21-30(33(36)45)41(2)40-28/h7-8,11-15,21-22,26,29,32H,3-6,9-10,16-20,23H2,1-2H3,(H2,36,45)(H,38,46)(H,39,44)/t29-,32+/m1/s1. The van der Waals surface area contributed by atoms with Crippen molar-refractivity contribution in [1.29, 1.82) is 0 Å². The molecular weight excluding hydrogens is 596 g/mol. The number of rotatable bonds is 12. The van der Waals surface area contributed by atoms with Gasteiger partial charge in [-0.1, -0.05) is 44.4 Å². The second-order valence-corrected chi connectivity index (χ2v) is 12.6. The number of nitrogens with two attached hydrogens (primary N) is 1. The van der Waals surface area contributed by atoms with Gasteiger partial charge in [0, 0.05) is 70.7 Å². The fourth-order valence-corrected chi connectivity index (χ4v) is 6.70. The molecule has 250 valence electrons. The summed E-state index contributed by atoms with van der Waals surface area (Å²) in [5.74, 6) is -1.42. The molecule has 3 aromatic rings. The molecule has 12 heteroatoms. The number of hydrogen-bond acceptors (Lipinski definition) is 7. The van der Waals surface area contributed by atoms with Crippen LogP contribution in [0.1, 0.15) is 78.7 Å². The van der Waals surface area contributed by atoms with Gasteiger partial charge in [0.2, 0.25) is 17.7 Å². The number of carbonyl (C=O) groups excluding carboxylic acids is 4. The summed E-state index contributed by atoms with van der Waals surface area (Å²) in [6.07, 6.45) is 9.32. The van der Waals surface area contributed by atoms with Crippen LogP contribution < -0.4 is 16.4 Å². The number of aromatic nitrogens is 3. The number of hydrogen-bond donors (Lipinski definition) is 3. The monoisotopic (exact) mass is 642 g/mol. The Morgan fingerprint density at radius 1 is 0.979 bits per heavy atom. The molecule has 4 N–H and O–H groups in total. The van der Waals surface area contributed by atoms with E-state index in [0.717, 1.165) is 62.9 Å². The van der Waals surface area contributed by atoms with E-state index in [1.807, 2.05) is 47.5 Å². The molecule has 2 atom stereocenters. The molecule has 2 fully saturated rings. The third-order valence-electron chi connectivity index (χ3n) is 9.30. The zero-order valence-corrected chi connectivity index (χ0v) is 27.4. The van der Waals surface area contributed by atoms with Gasteiger partial charge in [0.15, 0.2) is 0 Å². The van der Waals surface area contributed by atoms with Gasteiger partial charge in [0.1, 0.15) is 11.7 Å². The van der Waals surface area contributed by atoms with E-state index in [1.54, 1.807) is 26.2 Å². The first-order valence-corrected chi connectivity index (χ1v) is 16.6. The van der Waals surface area contributed by atoms with Crippen LogP contribution in [0, 0.1) is 5.92 Å². The van der Waals surface area contributed by atoms with Gasteiger partial charge in [0.05, 0.1) is 11.6 Å². The summed E-state index contributed by atoms with van der Waals surface area (Å²) in [7, 11) is 1.66. The highest BCUT2D eigenvalue weighted by Crippen LogP contribution is 2.36. The van der Waals surface area contributed by atoms with Gasteiger partial charge in [-0.25, -0.2) is 0 Å². The maximum atomic E-state index is 13.7. The number of benzene rings is 1. The molecule has 12 nitrogen and oxygen atoms in total. The highest BCUT2D eigenvalue weighted by Gasteiger charge is 2.34. The van der Waals surface area contributed by atoms with E-state index >= 15 is 0 Å². The average molecular weight is 643 g/mol. The summed E-state index contributed by atoms with van der Waals surface area (Å²) in [4.78, 5) is 60.0. The van der Waals surface area contributed by atoms with Crippen molar-refractivity contribution in [2.24, 2.45) is 18.7 Å². The third kappa shape index (κ3) is 8.82. The lowest BCUT2D eigenvalue weighted by Gasteiger charge is -2.36. The van der Waals surface area contributed by atoms with E-state index in [1.165, 1.54) is 4.68 Å². The largest absolute Gasteiger partial charge is 0.364 e. The maximum Gasteiger partial charge on any atom is 0.266 e. The van der Waals surface area contributed by atoms with Crippen molar-refractivity contribution in [3.05, 3.63) is 77.4 Å². The van der Waals surface area contributed by atoms with Gasteiger partial charge < -0.3 is 21.3 Å². The van der Waals surface area contributed by atoms with Crippen LogP contribution in [0.15, 0.2) is 54.9 Å². The zero-order valence-electron chi connectivity index (χ0n) is 27.4. The molecular formula is C35H46N8O4. The van der Waals surface area contributed by atoms with Crippen molar-refractivity contribution >= 4 is 29.3 Å². The SMILES string of the molecule is CCC(=O)N[C@H](Cc1ccc(NC(=O)[C@H](c2cc(C(N)=O)n(C)n2)C2CCCCC2)cc1)C(=O)N1CCN(Cc2cccnc2)CC1. The van der Waals surface area contributed by atoms with E-state index in [4.69, 9.17) is 5.73 Å². The zero-order chi connectivity index (χ0) is 33.3. The van der Waals surface area contributed by atoms with Crippen LogP contribution in [-0.4, -0.2) is 80.4 Å². The fourth-order valence-electron chi connectivity index (χ4n) is 6.70. The molecule has 47 heavy (non-hydrogen) atoms. The number of anilines is 1. The van der Waals surface area contributed by atoms with Crippen molar-refractivity contribution < 1.29 is 19.2 Å². The summed E-state index contributed by atoms with van der Waals surface area (Å²) in [5.41, 5.74) is 8.97. The van der Waals surface area contributed by atoms with Gasteiger partial charge >= 0.3 is 0 Å². The normalized spacial score (nSPS) is 17.1. The lowest BCUT2D eigenvalue weighted by atomic mass is 9.78. The van der Waals surface area contributed by atoms with Crippen molar-refractivity contribution in [2.45, 2.75) is 70.4 Å². The highest BCUT2D eigenvalue weighted by atomic mass is 16.2. The van der Waals surface area contributed by atoms with Gasteiger partial charge in [0.25, 0.3) is 5.91 Å². The van der Waals surface area contributed by atoms with Gasteiger partial charge in [-0.2, -0.15) is 5.10 Å². The minimum absolute atomic E-state index is 0.0915. The number of amides is 4. The molecule has 1 aliphatic heterocycles. The van der Waals surface area contributed by atoms with Crippen LogP contribution in [0.3, 0.4) is 0 Å². The van der Waals surface area contributed by atoms with E-state index in [0.29, 0.717) is 30.9 Å². The number of piperazine rings is 1. The lowest BCUT2D eigenvalue weighted by Crippen LogP contribution is -2.55. The summed E-state index contributed by atoms with van der Waals surface area (Å²) in [6.45, 7) is 5.21. The highest BCUT2D eigenvalue weighted by molar-refractivity contribution is 5.97. The van der Waals surface area contributed by atoms with E-state index < -0.39 is 17.9 Å². The molecule has 2 aromatic heterocycles. The molecule has 1 aliphatic carbocycles. The van der Waals surface area contributed by atoms with E-state index in [2.05, 4.69) is 25.6 Å². The van der Waals surface area contributed by atoms with Crippen LogP contribution in [0.25, 0.3) is 0 Å². The van der Waals surface area contributed by atoms with Crippen molar-refractivity contribution in [3.8, 4) is 0 Å². The Morgan fingerprint density at radius 2 is 1.70 bits per heavy atom. The van der Waals surface area contributed by atoms with Gasteiger partial charge in [-0.05, 0) is 54.2 Å². The van der Waals surface area contributed by atoms with Crippen molar-refractivity contribution in [2.75, 3.05) is 31.5 Å². The van der Waals surface area contributed by atoms with Crippen LogP contribution >= 0.6 is 0 Å². The molecule has 1 saturated heterocycles. The Bertz CT molecular complexity index is 1530. The minimum atomic E-state index is -0.688.